The zero-order valence-corrected chi connectivity index (χ0v) is 19.8. The summed E-state index contributed by atoms with van der Waals surface area (Å²) < 4.78 is 14.9. The molecule has 0 radical (unpaired) electrons. The Hall–Kier alpha value is -2.68. The number of hydrogen-bond donors (Lipinski definition) is 0. The summed E-state index contributed by atoms with van der Waals surface area (Å²) in [7, 11) is 0. The third kappa shape index (κ3) is 4.23. The van der Waals surface area contributed by atoms with Crippen molar-refractivity contribution in [2.45, 2.75) is 32.6 Å². The first-order valence-electron chi connectivity index (χ1n) is 10.4. The van der Waals surface area contributed by atoms with Crippen LogP contribution >= 0.6 is 0 Å². The molecule has 4 rings (SSSR count). The van der Waals surface area contributed by atoms with Gasteiger partial charge in [0.15, 0.2) is 0 Å². The van der Waals surface area contributed by atoms with Crippen LogP contribution in [-0.2, 0) is 11.3 Å². The molecule has 31 heavy (non-hydrogen) atoms. The van der Waals surface area contributed by atoms with Crippen molar-refractivity contribution in [2.24, 2.45) is 5.41 Å². The fourth-order valence-electron chi connectivity index (χ4n) is 4.03. The van der Waals surface area contributed by atoms with Crippen LogP contribution in [0.4, 0.5) is 4.39 Å². The molecule has 0 saturated carbocycles. The summed E-state index contributed by atoms with van der Waals surface area (Å²) in [6, 6.07) is 24.9. The minimum absolute atomic E-state index is 0.128. The predicted molar refractivity (Wildman–Crippen MR) is 125 cm³/mol. The molecule has 1 unspecified atom stereocenters. The van der Waals surface area contributed by atoms with Gasteiger partial charge in [0.25, 0.3) is 0 Å². The average Bonchev–Trinajstić information content (AvgIpc) is 2.96. The van der Waals surface area contributed by atoms with E-state index in [2.05, 4.69) is 45.0 Å². The molecule has 1 heterocycles. The van der Waals surface area contributed by atoms with E-state index in [0.717, 1.165) is 27.7 Å². The fourth-order valence-corrected chi connectivity index (χ4v) is 6.66. The van der Waals surface area contributed by atoms with Gasteiger partial charge in [-0.3, -0.25) is 0 Å². The van der Waals surface area contributed by atoms with E-state index in [-0.39, 0.29) is 26.7 Å². The summed E-state index contributed by atoms with van der Waals surface area (Å²) in [5.41, 5.74) is 4.65. The Labute approximate surface area is 190 Å². The van der Waals surface area contributed by atoms with E-state index in [0.29, 0.717) is 6.54 Å². The van der Waals surface area contributed by atoms with E-state index in [1.54, 1.807) is 12.1 Å². The van der Waals surface area contributed by atoms with E-state index >= 15 is 0 Å². The summed E-state index contributed by atoms with van der Waals surface area (Å²) >= 11 is 0.174. The van der Waals surface area contributed by atoms with Crippen LogP contribution in [-0.4, -0.2) is 25.8 Å². The van der Waals surface area contributed by atoms with E-state index in [9.17, 15) is 9.18 Å². The minimum atomic E-state index is -0.569. The molecule has 0 bridgehead atoms. The van der Waals surface area contributed by atoms with Gasteiger partial charge in [0.05, 0.1) is 0 Å². The van der Waals surface area contributed by atoms with Gasteiger partial charge in [-0.1, -0.05) is 0 Å². The summed E-state index contributed by atoms with van der Waals surface area (Å²) in [6.45, 7) is 6.77. The number of amides is 1. The molecule has 2 nitrogen and oxygen atoms in total. The summed E-state index contributed by atoms with van der Waals surface area (Å²) in [6.07, 6.45) is 0. The van der Waals surface area contributed by atoms with Crippen LogP contribution in [0, 0.1) is 18.2 Å². The van der Waals surface area contributed by atoms with Crippen LogP contribution in [0.3, 0.4) is 0 Å². The fraction of sp³-hybridized carbons (Fsp3) is 0.222. The van der Waals surface area contributed by atoms with E-state index in [1.807, 2.05) is 35.2 Å². The zero-order valence-electron chi connectivity index (χ0n) is 18.1. The third-order valence-corrected chi connectivity index (χ3v) is 9.21. The van der Waals surface area contributed by atoms with Crippen LogP contribution in [0.15, 0.2) is 84.4 Å². The second-order valence-corrected chi connectivity index (χ2v) is 10.4. The van der Waals surface area contributed by atoms with Crippen LogP contribution < -0.4 is 4.46 Å². The SMILES string of the molecule is CC1=C(c2ccc(F)cc2)N(Cc2ccccc2)C(=O)C1(C)C[Se]c1ccccc1C. The number of nitrogens with zero attached hydrogens (tertiary/aromatic N) is 1. The Morgan fingerprint density at radius 1 is 0.903 bits per heavy atom. The van der Waals surface area contributed by atoms with Gasteiger partial charge in [-0.25, -0.2) is 0 Å². The van der Waals surface area contributed by atoms with Gasteiger partial charge in [0, 0.05) is 0 Å². The third-order valence-electron chi connectivity index (χ3n) is 6.08. The molecule has 1 atom stereocenters. The van der Waals surface area contributed by atoms with Crippen molar-refractivity contribution in [3.05, 3.63) is 107 Å². The molecule has 1 aliphatic heterocycles. The van der Waals surface area contributed by atoms with Gasteiger partial charge >= 0.3 is 190 Å². The number of benzene rings is 3. The molecule has 0 aromatic heterocycles. The summed E-state index contributed by atoms with van der Waals surface area (Å²) in [4.78, 5) is 15.7. The normalized spacial score (nSPS) is 18.7. The summed E-state index contributed by atoms with van der Waals surface area (Å²) in [5, 5.41) is 0.797. The van der Waals surface area contributed by atoms with Crippen molar-refractivity contribution in [1.82, 2.24) is 4.90 Å². The standard InChI is InChI=1S/C27H26FNOSe/c1-19-9-7-8-12-24(19)31-18-27(3)20(2)25(22-13-15-23(28)16-14-22)29(26(27)30)17-21-10-5-4-6-11-21/h4-16H,17-18H2,1-3H3. The van der Waals surface area contributed by atoms with Gasteiger partial charge in [0.1, 0.15) is 0 Å². The summed E-state index contributed by atoms with van der Waals surface area (Å²) in [5.74, 6) is -0.143. The quantitative estimate of drug-likeness (QED) is 0.437. The molecule has 1 aliphatic rings. The molecule has 158 valence electrons. The molecule has 0 saturated heterocycles. The van der Waals surface area contributed by atoms with Gasteiger partial charge in [-0.15, -0.1) is 0 Å². The molecule has 3 aromatic rings. The van der Waals surface area contributed by atoms with Gasteiger partial charge in [0.2, 0.25) is 0 Å². The Bertz CT molecular complexity index is 1120. The molecule has 0 spiro atoms. The molecule has 4 heteroatoms. The van der Waals surface area contributed by atoms with E-state index in [1.165, 1.54) is 22.2 Å². The first-order chi connectivity index (χ1) is 14.9. The number of carbonyl (C=O) groups excluding carboxylic acids is 1. The second kappa shape index (κ2) is 8.82. The molecule has 1 amide bonds. The monoisotopic (exact) mass is 479 g/mol. The van der Waals surface area contributed by atoms with Crippen molar-refractivity contribution in [1.29, 1.82) is 0 Å². The van der Waals surface area contributed by atoms with Gasteiger partial charge < -0.3 is 0 Å². The number of carbonyl (C=O) groups is 1. The number of rotatable bonds is 6. The molecule has 0 fully saturated rings. The number of halogens is 1. The van der Waals surface area contributed by atoms with Crippen LogP contribution in [0.2, 0.25) is 5.32 Å². The van der Waals surface area contributed by atoms with Crippen LogP contribution in [0.25, 0.3) is 5.70 Å². The van der Waals surface area contributed by atoms with Crippen molar-refractivity contribution in [3.63, 3.8) is 0 Å². The Morgan fingerprint density at radius 3 is 2.23 bits per heavy atom. The molecule has 3 aromatic carbocycles. The first-order valence-corrected chi connectivity index (χ1v) is 12.5. The van der Waals surface area contributed by atoms with Crippen molar-refractivity contribution in [3.8, 4) is 0 Å². The first kappa shape index (κ1) is 21.5. The topological polar surface area (TPSA) is 20.3 Å². The van der Waals surface area contributed by atoms with E-state index in [4.69, 9.17) is 0 Å². The second-order valence-electron chi connectivity index (χ2n) is 8.24. The number of aryl methyl sites for hydroxylation is 1. The molecule has 0 N–H and O–H groups in total. The Balaban J connectivity index is 1.72. The Morgan fingerprint density at radius 2 is 1.55 bits per heavy atom. The average molecular weight is 478 g/mol. The van der Waals surface area contributed by atoms with Crippen LogP contribution in [0.1, 0.15) is 30.5 Å². The Kier molecular flexibility index (Phi) is 6.13. The zero-order chi connectivity index (χ0) is 22.0. The maximum atomic E-state index is 13.8. The van der Waals surface area contributed by atoms with Gasteiger partial charge in [-0.2, -0.15) is 0 Å². The van der Waals surface area contributed by atoms with Crippen molar-refractivity contribution >= 4 is 31.0 Å². The molecule has 0 aliphatic carbocycles. The number of hydrogen-bond acceptors (Lipinski definition) is 1. The molecular weight excluding hydrogens is 452 g/mol. The van der Waals surface area contributed by atoms with E-state index < -0.39 is 5.41 Å². The van der Waals surface area contributed by atoms with Crippen molar-refractivity contribution < 1.29 is 9.18 Å². The maximum absolute atomic E-state index is 13.8. The molecular formula is C27H26FNOSe. The van der Waals surface area contributed by atoms with Crippen molar-refractivity contribution in [2.75, 3.05) is 0 Å². The predicted octanol–water partition coefficient (Wildman–Crippen LogP) is 5.36. The van der Waals surface area contributed by atoms with Gasteiger partial charge in [-0.05, 0) is 0 Å². The van der Waals surface area contributed by atoms with Crippen LogP contribution in [0.5, 0.6) is 0 Å².